The molecule has 0 nitrogen and oxygen atoms in total. The minimum atomic E-state index is 1.19. The summed E-state index contributed by atoms with van der Waals surface area (Å²) in [4.78, 5) is 0. The zero-order valence-electron chi connectivity index (χ0n) is 18.8. The molecule has 0 aromatic heterocycles. The van der Waals surface area contributed by atoms with Gasteiger partial charge in [-0.25, -0.2) is 0 Å². The maximum atomic E-state index is 2.58. The predicted molar refractivity (Wildman–Crippen MR) is 127 cm³/mol. The summed E-state index contributed by atoms with van der Waals surface area (Å²) in [5.41, 5.74) is 19.5. The van der Waals surface area contributed by atoms with E-state index in [4.69, 9.17) is 0 Å². The van der Waals surface area contributed by atoms with Gasteiger partial charge in [0.25, 0.3) is 0 Å². The summed E-state index contributed by atoms with van der Waals surface area (Å²) in [6, 6.07) is 0. The summed E-state index contributed by atoms with van der Waals surface area (Å²) in [7, 11) is 0. The maximum absolute atomic E-state index is 2.58. The lowest BCUT2D eigenvalue weighted by Crippen LogP contribution is -2.08. The Morgan fingerprint density at radius 1 is 0.567 bits per heavy atom. The van der Waals surface area contributed by atoms with E-state index in [1.54, 1.807) is 55.7 Å². The Labute approximate surface area is 182 Å². The van der Waals surface area contributed by atoms with Gasteiger partial charge in [0.15, 0.2) is 0 Å². The van der Waals surface area contributed by atoms with Crippen LogP contribution < -0.4 is 0 Å². The van der Waals surface area contributed by atoms with Crippen LogP contribution in [-0.4, -0.2) is 0 Å². The molecule has 0 fully saturated rings. The lowest BCUT2D eigenvalue weighted by Gasteiger charge is -2.26. The molecule has 30 heavy (non-hydrogen) atoms. The first kappa shape index (κ1) is 18.7. The van der Waals surface area contributed by atoms with E-state index in [0.717, 1.165) is 0 Å². The number of rotatable bonds is 3. The average molecular weight is 395 g/mol. The molecule has 0 heterocycles. The van der Waals surface area contributed by atoms with Crippen molar-refractivity contribution in [2.75, 3.05) is 0 Å². The van der Waals surface area contributed by atoms with Crippen LogP contribution in [-0.2, 0) is 0 Å². The smallest absolute Gasteiger partial charge is 0.00551 e. The predicted octanol–water partition coefficient (Wildman–Crippen LogP) is 8.68. The molecule has 0 saturated heterocycles. The number of hydrogen-bond acceptors (Lipinski definition) is 0. The largest absolute Gasteiger partial charge is 0.0626 e. The zero-order valence-corrected chi connectivity index (χ0v) is 18.8. The number of hydrogen-bond donors (Lipinski definition) is 0. The summed E-state index contributed by atoms with van der Waals surface area (Å²) in [6.45, 7) is 4.69. The van der Waals surface area contributed by atoms with Crippen molar-refractivity contribution in [2.45, 2.75) is 90.9 Å². The van der Waals surface area contributed by atoms with Crippen molar-refractivity contribution in [3.05, 3.63) is 91.2 Å². The second kappa shape index (κ2) is 7.26. The lowest BCUT2D eigenvalue weighted by atomic mass is 9.78. The van der Waals surface area contributed by atoms with Gasteiger partial charge in [-0.1, -0.05) is 35.5 Å². The first-order valence-electron chi connectivity index (χ1n) is 12.3. The molecular weight excluding hydrogens is 360 g/mol. The van der Waals surface area contributed by atoms with Crippen LogP contribution in [0.2, 0.25) is 0 Å². The molecule has 6 aliphatic rings. The number of allylic oxidation sites excluding steroid dienone is 16. The Kier molecular flexibility index (Phi) is 4.52. The van der Waals surface area contributed by atoms with E-state index in [-0.39, 0.29) is 0 Å². The third-order valence-corrected chi connectivity index (χ3v) is 8.40. The topological polar surface area (TPSA) is 0 Å². The van der Waals surface area contributed by atoms with Gasteiger partial charge in [0.2, 0.25) is 0 Å². The highest BCUT2D eigenvalue weighted by molar-refractivity contribution is 5.67. The summed E-state index contributed by atoms with van der Waals surface area (Å²) in [6.07, 6.45) is 25.8. The standard InChI is InChI=1S/C30H34/c1-19-13-25-15-21-7-3-5-9-23(21)17-29(25)27(19)11-12-28-20(2)14-26-16-22-8-4-6-10-24(22)18-30(26)28/h13-14,17-18H,3-12,15-16H2,1-2H3. The molecule has 0 unspecified atom stereocenters. The van der Waals surface area contributed by atoms with Gasteiger partial charge in [0.05, 0.1) is 0 Å². The minimum Gasteiger partial charge on any atom is -0.0626 e. The van der Waals surface area contributed by atoms with Gasteiger partial charge in [0, 0.05) is 0 Å². The van der Waals surface area contributed by atoms with Gasteiger partial charge in [-0.15, -0.1) is 0 Å². The van der Waals surface area contributed by atoms with Crippen molar-refractivity contribution in [1.29, 1.82) is 0 Å². The highest BCUT2D eigenvalue weighted by Crippen LogP contribution is 2.48. The van der Waals surface area contributed by atoms with Crippen LogP contribution in [0.15, 0.2) is 91.2 Å². The quantitative estimate of drug-likeness (QED) is 0.449. The maximum Gasteiger partial charge on any atom is -0.00551 e. The van der Waals surface area contributed by atoms with E-state index in [1.165, 1.54) is 88.2 Å². The van der Waals surface area contributed by atoms with Crippen LogP contribution in [0.1, 0.15) is 90.9 Å². The zero-order chi connectivity index (χ0) is 20.2. The second-order valence-electron chi connectivity index (χ2n) is 10.3. The van der Waals surface area contributed by atoms with Crippen molar-refractivity contribution < 1.29 is 0 Å². The van der Waals surface area contributed by atoms with Crippen LogP contribution in [0.25, 0.3) is 0 Å². The fraction of sp³-hybridized carbons (Fsp3) is 0.467. The van der Waals surface area contributed by atoms with Crippen molar-refractivity contribution in [2.24, 2.45) is 0 Å². The van der Waals surface area contributed by atoms with Gasteiger partial charge < -0.3 is 0 Å². The first-order valence-corrected chi connectivity index (χ1v) is 12.3. The second-order valence-corrected chi connectivity index (χ2v) is 10.3. The van der Waals surface area contributed by atoms with Gasteiger partial charge in [0.1, 0.15) is 0 Å². The van der Waals surface area contributed by atoms with Crippen LogP contribution in [0, 0.1) is 0 Å². The third-order valence-electron chi connectivity index (χ3n) is 8.40. The van der Waals surface area contributed by atoms with E-state index in [9.17, 15) is 0 Å². The monoisotopic (exact) mass is 394 g/mol. The highest BCUT2D eigenvalue weighted by Gasteiger charge is 2.29. The van der Waals surface area contributed by atoms with Crippen LogP contribution in [0.4, 0.5) is 0 Å². The van der Waals surface area contributed by atoms with Crippen molar-refractivity contribution in [3.63, 3.8) is 0 Å². The third kappa shape index (κ3) is 3.03. The molecule has 6 rings (SSSR count). The normalized spacial score (nSPS) is 25.5. The molecule has 0 bridgehead atoms. The SMILES string of the molecule is CC1=C(CCC2=C(C)C=C3CC4=C(C=C32)CCCC4)C2=CC3=C(CCCC3)CC2=C1. The van der Waals surface area contributed by atoms with E-state index in [1.807, 2.05) is 0 Å². The summed E-state index contributed by atoms with van der Waals surface area (Å²) in [5.74, 6) is 0. The highest BCUT2D eigenvalue weighted by atomic mass is 14.3. The van der Waals surface area contributed by atoms with Crippen molar-refractivity contribution in [3.8, 4) is 0 Å². The average Bonchev–Trinajstić information content (AvgIpc) is 3.22. The molecule has 0 radical (unpaired) electrons. The summed E-state index contributed by atoms with van der Waals surface area (Å²) >= 11 is 0. The van der Waals surface area contributed by atoms with Gasteiger partial charge in [-0.05, 0) is 147 Å². The molecule has 0 aromatic rings. The fourth-order valence-electron chi connectivity index (χ4n) is 6.77. The van der Waals surface area contributed by atoms with E-state index in [0.29, 0.717) is 0 Å². The molecule has 0 saturated carbocycles. The molecule has 0 atom stereocenters. The van der Waals surface area contributed by atoms with Gasteiger partial charge >= 0.3 is 0 Å². The first-order chi connectivity index (χ1) is 14.7. The summed E-state index contributed by atoms with van der Waals surface area (Å²) < 4.78 is 0. The Morgan fingerprint density at radius 2 is 1.00 bits per heavy atom. The molecular formula is C30H34. The Balaban J connectivity index is 1.24. The summed E-state index contributed by atoms with van der Waals surface area (Å²) in [5, 5.41) is 0. The fourth-order valence-corrected chi connectivity index (χ4v) is 6.77. The number of fused-ring (bicyclic) bond motifs is 2. The molecule has 0 spiro atoms. The Bertz CT molecular complexity index is 993. The Morgan fingerprint density at radius 3 is 1.47 bits per heavy atom. The Hall–Kier alpha value is -2.08. The molecule has 0 aromatic carbocycles. The van der Waals surface area contributed by atoms with E-state index >= 15 is 0 Å². The molecule has 154 valence electrons. The van der Waals surface area contributed by atoms with Crippen LogP contribution >= 0.6 is 0 Å². The van der Waals surface area contributed by atoms with Crippen molar-refractivity contribution >= 4 is 0 Å². The minimum absolute atomic E-state index is 1.19. The molecule has 0 heteroatoms. The van der Waals surface area contributed by atoms with Gasteiger partial charge in [-0.3, -0.25) is 0 Å². The van der Waals surface area contributed by atoms with E-state index < -0.39 is 0 Å². The van der Waals surface area contributed by atoms with E-state index in [2.05, 4.69) is 38.2 Å². The molecule has 6 aliphatic carbocycles. The van der Waals surface area contributed by atoms with Crippen LogP contribution in [0.3, 0.4) is 0 Å². The van der Waals surface area contributed by atoms with Gasteiger partial charge in [-0.2, -0.15) is 0 Å². The molecule has 0 aliphatic heterocycles. The molecule has 0 amide bonds. The van der Waals surface area contributed by atoms with Crippen LogP contribution in [0.5, 0.6) is 0 Å². The van der Waals surface area contributed by atoms with Crippen molar-refractivity contribution in [1.82, 2.24) is 0 Å². The molecule has 0 N–H and O–H groups in total. The lowest BCUT2D eigenvalue weighted by molar-refractivity contribution is 0.663.